The van der Waals surface area contributed by atoms with Gasteiger partial charge in [-0.05, 0) is 20.8 Å². The molecule has 5 heteroatoms. The van der Waals surface area contributed by atoms with Crippen LogP contribution >= 0.6 is 24.8 Å². The first-order chi connectivity index (χ1) is 5.99. The summed E-state index contributed by atoms with van der Waals surface area (Å²) in [6.45, 7) is 6.23. The molecule has 0 aromatic rings. The number of hydrogen-bond donors (Lipinski definition) is 1. The van der Waals surface area contributed by atoms with Gasteiger partial charge in [-0.3, -0.25) is 4.79 Å². The first kappa shape index (κ1) is 12.7. The highest BCUT2D eigenvalue weighted by Crippen LogP contribution is 2.03. The fourth-order valence-electron chi connectivity index (χ4n) is 0.817. The van der Waals surface area contributed by atoms with Gasteiger partial charge >= 0.3 is 5.97 Å². The zero-order valence-corrected chi connectivity index (χ0v) is 9.82. The molecule has 3 nitrogen and oxygen atoms in total. The maximum atomic E-state index is 11.1. The molecule has 0 aromatic carbocycles. The van der Waals surface area contributed by atoms with Crippen LogP contribution in [-0.4, -0.2) is 34.4 Å². The van der Waals surface area contributed by atoms with Crippen LogP contribution in [0.1, 0.15) is 20.8 Å². The molecular weight excluding hydrogens is 206 g/mol. The average molecular weight is 221 g/mol. The number of ether oxygens (including phenoxy) is 1. The Kier molecular flexibility index (Phi) is 6.07. The highest BCUT2D eigenvalue weighted by Gasteiger charge is 2.15. The van der Waals surface area contributed by atoms with Crippen molar-refractivity contribution in [2.24, 2.45) is 0 Å². The van der Waals surface area contributed by atoms with E-state index in [1.165, 1.54) is 0 Å². The third kappa shape index (κ3) is 5.10. The summed E-state index contributed by atoms with van der Waals surface area (Å²) in [5.74, 6) is -0.271. The van der Waals surface area contributed by atoms with Crippen LogP contribution in [0, 0.1) is 0 Å². The molecule has 0 radical (unpaired) electrons. The summed E-state index contributed by atoms with van der Waals surface area (Å²) in [7, 11) is 0. The molecule has 0 amide bonds. The molecule has 0 spiro atoms. The van der Waals surface area contributed by atoms with Crippen molar-refractivity contribution in [2.45, 2.75) is 26.8 Å². The zero-order chi connectivity index (χ0) is 10.4. The number of carbonyl (C=O) groups is 1. The van der Waals surface area contributed by atoms with Crippen molar-refractivity contribution in [2.75, 3.05) is 13.2 Å². The van der Waals surface area contributed by atoms with Crippen LogP contribution in [0.25, 0.3) is 0 Å². The van der Waals surface area contributed by atoms with Gasteiger partial charge in [0.1, 0.15) is 10.9 Å². The molecule has 0 unspecified atom stereocenters. The van der Waals surface area contributed by atoms with Gasteiger partial charge in [-0.25, -0.2) is 0 Å². The Labute approximate surface area is 89.8 Å². The Morgan fingerprint density at radius 1 is 1.62 bits per heavy atom. The van der Waals surface area contributed by atoms with Crippen LogP contribution in [0.5, 0.6) is 0 Å². The summed E-state index contributed by atoms with van der Waals surface area (Å²) in [4.78, 5) is 12.8. The molecule has 0 heterocycles. The standard InChI is InChI=1S/C8H15NO2S2/c1-4-11-7(10)5-9(6(2)3)8(12)13/h6H,4-5H2,1-3H3,(H,12,13). The van der Waals surface area contributed by atoms with Gasteiger partial charge in [0, 0.05) is 6.04 Å². The number of esters is 1. The number of hydrogen-bond acceptors (Lipinski definition) is 3. The van der Waals surface area contributed by atoms with Crippen molar-refractivity contribution >= 4 is 35.1 Å². The Morgan fingerprint density at radius 2 is 2.15 bits per heavy atom. The fourth-order valence-corrected chi connectivity index (χ4v) is 1.39. The van der Waals surface area contributed by atoms with E-state index in [0.29, 0.717) is 10.9 Å². The molecule has 13 heavy (non-hydrogen) atoms. The molecule has 0 saturated carbocycles. The summed E-state index contributed by atoms with van der Waals surface area (Å²) < 4.78 is 5.22. The minimum Gasteiger partial charge on any atom is -0.465 e. The number of thiocarbonyl (C=S) groups is 1. The lowest BCUT2D eigenvalue weighted by atomic mass is 10.3. The lowest BCUT2D eigenvalue weighted by Crippen LogP contribution is -2.38. The lowest BCUT2D eigenvalue weighted by molar-refractivity contribution is -0.143. The monoisotopic (exact) mass is 221 g/mol. The fraction of sp³-hybridized carbons (Fsp3) is 0.750. The van der Waals surface area contributed by atoms with Gasteiger partial charge in [0.05, 0.1) is 6.61 Å². The van der Waals surface area contributed by atoms with Gasteiger partial charge in [0.15, 0.2) is 0 Å². The van der Waals surface area contributed by atoms with E-state index in [4.69, 9.17) is 17.0 Å². The van der Waals surface area contributed by atoms with E-state index in [1.807, 2.05) is 13.8 Å². The molecular formula is C8H15NO2S2. The van der Waals surface area contributed by atoms with Crippen LogP contribution < -0.4 is 0 Å². The summed E-state index contributed by atoms with van der Waals surface area (Å²) in [6, 6.07) is 0.161. The second-order valence-electron chi connectivity index (χ2n) is 2.81. The third-order valence-corrected chi connectivity index (χ3v) is 1.97. The van der Waals surface area contributed by atoms with Gasteiger partial charge in [-0.1, -0.05) is 12.2 Å². The predicted molar refractivity (Wildman–Crippen MR) is 60.1 cm³/mol. The van der Waals surface area contributed by atoms with Crippen molar-refractivity contribution in [1.82, 2.24) is 4.90 Å². The van der Waals surface area contributed by atoms with Crippen molar-refractivity contribution in [1.29, 1.82) is 0 Å². The molecule has 0 rings (SSSR count). The number of nitrogens with zero attached hydrogens (tertiary/aromatic N) is 1. The second-order valence-corrected chi connectivity index (χ2v) is 3.92. The van der Waals surface area contributed by atoms with Crippen LogP contribution in [0.3, 0.4) is 0 Å². The van der Waals surface area contributed by atoms with Crippen LogP contribution in [0.2, 0.25) is 0 Å². The predicted octanol–water partition coefficient (Wildman–Crippen LogP) is 1.47. The number of carbonyl (C=O) groups excluding carboxylic acids is 1. The van der Waals surface area contributed by atoms with Crippen LogP contribution in [-0.2, 0) is 9.53 Å². The Bertz CT molecular complexity index is 195. The molecule has 0 fully saturated rings. The van der Waals surface area contributed by atoms with E-state index in [1.54, 1.807) is 11.8 Å². The highest BCUT2D eigenvalue weighted by atomic mass is 32.1. The SMILES string of the molecule is CCOC(=O)CN(C(=S)S)C(C)C. The summed E-state index contributed by atoms with van der Waals surface area (Å²) >= 11 is 8.90. The van der Waals surface area contributed by atoms with E-state index in [-0.39, 0.29) is 18.6 Å². The largest absolute Gasteiger partial charge is 0.465 e. The molecule has 0 bridgehead atoms. The molecule has 0 N–H and O–H groups in total. The number of rotatable bonds is 4. The Hall–Kier alpha value is -0.290. The zero-order valence-electron chi connectivity index (χ0n) is 8.11. The maximum absolute atomic E-state index is 11.1. The molecule has 0 saturated heterocycles. The van der Waals surface area contributed by atoms with Crippen molar-refractivity contribution in [3.8, 4) is 0 Å². The minimum atomic E-state index is -0.271. The maximum Gasteiger partial charge on any atom is 0.325 e. The van der Waals surface area contributed by atoms with Gasteiger partial charge in [0.2, 0.25) is 0 Å². The van der Waals surface area contributed by atoms with Crippen molar-refractivity contribution < 1.29 is 9.53 Å². The molecule has 0 aliphatic rings. The van der Waals surface area contributed by atoms with Crippen LogP contribution in [0.15, 0.2) is 0 Å². The van der Waals surface area contributed by atoms with Crippen molar-refractivity contribution in [3.63, 3.8) is 0 Å². The number of thiol groups is 1. The van der Waals surface area contributed by atoms with Gasteiger partial charge in [0.25, 0.3) is 0 Å². The van der Waals surface area contributed by atoms with Gasteiger partial charge in [-0.15, -0.1) is 12.6 Å². The Balaban J connectivity index is 4.10. The van der Waals surface area contributed by atoms with E-state index < -0.39 is 0 Å². The minimum absolute atomic E-state index is 0.161. The van der Waals surface area contributed by atoms with Crippen LogP contribution in [0.4, 0.5) is 0 Å². The third-order valence-electron chi connectivity index (χ3n) is 1.47. The quantitative estimate of drug-likeness (QED) is 0.442. The first-order valence-electron chi connectivity index (χ1n) is 4.14. The summed E-state index contributed by atoms with van der Waals surface area (Å²) in [5.41, 5.74) is 0. The topological polar surface area (TPSA) is 29.5 Å². The lowest BCUT2D eigenvalue weighted by Gasteiger charge is -2.25. The molecule has 0 aromatic heterocycles. The second kappa shape index (κ2) is 6.21. The van der Waals surface area contributed by atoms with E-state index in [2.05, 4.69) is 12.6 Å². The first-order valence-corrected chi connectivity index (χ1v) is 4.99. The molecule has 0 atom stereocenters. The Morgan fingerprint density at radius 3 is 2.46 bits per heavy atom. The molecule has 76 valence electrons. The molecule has 0 aliphatic carbocycles. The summed E-state index contributed by atoms with van der Waals surface area (Å²) in [6.07, 6.45) is 0. The normalized spacial score (nSPS) is 9.92. The van der Waals surface area contributed by atoms with Gasteiger partial charge < -0.3 is 9.64 Å². The van der Waals surface area contributed by atoms with E-state index in [9.17, 15) is 4.79 Å². The van der Waals surface area contributed by atoms with E-state index >= 15 is 0 Å². The highest BCUT2D eigenvalue weighted by molar-refractivity contribution is 8.10. The van der Waals surface area contributed by atoms with E-state index in [0.717, 1.165) is 0 Å². The molecule has 0 aliphatic heterocycles. The van der Waals surface area contributed by atoms with Gasteiger partial charge in [-0.2, -0.15) is 0 Å². The van der Waals surface area contributed by atoms with Crippen molar-refractivity contribution in [3.05, 3.63) is 0 Å². The summed E-state index contributed by atoms with van der Waals surface area (Å²) in [5, 5.41) is 0. The smallest absolute Gasteiger partial charge is 0.325 e. The average Bonchev–Trinajstić information content (AvgIpc) is 1.99.